The lowest BCUT2D eigenvalue weighted by Crippen LogP contribution is -2.45. The topological polar surface area (TPSA) is 91.9 Å². The van der Waals surface area contributed by atoms with E-state index in [4.69, 9.17) is 0 Å². The molecular formula is C17H18F3N5O3S. The van der Waals surface area contributed by atoms with Gasteiger partial charge in [-0.1, -0.05) is 12.1 Å². The highest BCUT2D eigenvalue weighted by molar-refractivity contribution is 7.90. The third kappa shape index (κ3) is 3.86. The second kappa shape index (κ2) is 7.10. The van der Waals surface area contributed by atoms with E-state index in [2.05, 4.69) is 19.0 Å². The zero-order chi connectivity index (χ0) is 20.8. The molecule has 0 unspecified atom stereocenters. The quantitative estimate of drug-likeness (QED) is 0.738. The predicted octanol–water partition coefficient (Wildman–Crippen LogP) is 2.13. The van der Waals surface area contributed by atoms with Crippen molar-refractivity contribution >= 4 is 15.9 Å². The molecule has 1 aromatic carbocycles. The van der Waals surface area contributed by atoms with E-state index in [0.717, 1.165) is 0 Å². The Morgan fingerprint density at radius 2 is 1.90 bits per heavy atom. The minimum absolute atomic E-state index is 0.0553. The first kappa shape index (κ1) is 19.8. The summed E-state index contributed by atoms with van der Waals surface area (Å²) in [6.45, 7) is 1.33. The van der Waals surface area contributed by atoms with Crippen LogP contribution in [0.15, 0.2) is 38.0 Å². The van der Waals surface area contributed by atoms with Crippen molar-refractivity contribution in [3.05, 3.63) is 41.6 Å². The van der Waals surface area contributed by atoms with E-state index >= 15 is 0 Å². The van der Waals surface area contributed by atoms with Crippen molar-refractivity contribution in [2.75, 3.05) is 20.1 Å². The van der Waals surface area contributed by atoms with Crippen LogP contribution in [0.2, 0.25) is 0 Å². The molecule has 12 heteroatoms. The highest BCUT2D eigenvalue weighted by Gasteiger charge is 2.38. The van der Waals surface area contributed by atoms with Crippen molar-refractivity contribution in [2.45, 2.75) is 36.5 Å². The molecule has 0 spiro atoms. The van der Waals surface area contributed by atoms with Gasteiger partial charge < -0.3 is 9.32 Å². The summed E-state index contributed by atoms with van der Waals surface area (Å²) in [4.78, 5) is 4.00. The van der Waals surface area contributed by atoms with Crippen LogP contribution in [0.3, 0.4) is 0 Å². The second-order valence-electron chi connectivity index (χ2n) is 7.00. The monoisotopic (exact) mass is 429 g/mol. The van der Waals surface area contributed by atoms with E-state index in [1.165, 1.54) is 6.07 Å². The zero-order valence-electron chi connectivity index (χ0n) is 15.4. The lowest BCUT2D eigenvalue weighted by atomic mass is 10.0. The molecule has 0 amide bonds. The van der Waals surface area contributed by atoms with Gasteiger partial charge in [0, 0.05) is 31.7 Å². The average Bonchev–Trinajstić information content (AvgIpc) is 3.25. The Balaban J connectivity index is 1.40. The lowest BCUT2D eigenvalue weighted by molar-refractivity contribution is -0.157. The molecule has 1 fully saturated rings. The van der Waals surface area contributed by atoms with Gasteiger partial charge >= 0.3 is 12.1 Å². The number of nitrogens with zero attached hydrogens (tertiary/aromatic N) is 5. The number of hydrogen-bond acceptors (Lipinski definition) is 7. The number of aromatic nitrogens is 2. The molecule has 4 rings (SSSR count). The molecule has 1 saturated heterocycles. The maximum Gasteiger partial charge on any atom is 0.470 e. The molecule has 2 aliphatic heterocycles. The van der Waals surface area contributed by atoms with E-state index in [0.29, 0.717) is 37.3 Å². The van der Waals surface area contributed by atoms with Gasteiger partial charge in [-0.25, -0.2) is 0 Å². The number of amidine groups is 1. The van der Waals surface area contributed by atoms with Crippen molar-refractivity contribution in [2.24, 2.45) is 4.40 Å². The van der Waals surface area contributed by atoms with Gasteiger partial charge in [0.05, 0.1) is 6.54 Å². The van der Waals surface area contributed by atoms with E-state index < -0.39 is 22.1 Å². The number of fused-ring (bicyclic) bond motifs is 1. The molecule has 1 aromatic heterocycles. The van der Waals surface area contributed by atoms with Crippen LogP contribution in [0.4, 0.5) is 13.2 Å². The molecule has 0 aliphatic carbocycles. The van der Waals surface area contributed by atoms with E-state index in [9.17, 15) is 21.6 Å². The van der Waals surface area contributed by atoms with Crippen molar-refractivity contribution in [3.63, 3.8) is 0 Å². The van der Waals surface area contributed by atoms with Crippen molar-refractivity contribution in [3.8, 4) is 0 Å². The Morgan fingerprint density at radius 3 is 2.55 bits per heavy atom. The highest BCUT2D eigenvalue weighted by atomic mass is 32.2. The van der Waals surface area contributed by atoms with Crippen LogP contribution in [0, 0.1) is 0 Å². The maximum absolute atomic E-state index is 12.6. The smallest absolute Gasteiger partial charge is 0.416 e. The maximum atomic E-state index is 12.6. The summed E-state index contributed by atoms with van der Waals surface area (Å²) < 4.78 is 70.8. The number of likely N-dealkylation sites (tertiary alicyclic amines) is 1. The fraction of sp³-hybridized carbons (Fsp3) is 0.471. The van der Waals surface area contributed by atoms with Gasteiger partial charge in [0.1, 0.15) is 4.90 Å². The summed E-state index contributed by atoms with van der Waals surface area (Å²) in [5.41, 5.74) is 0.586. The summed E-state index contributed by atoms with van der Waals surface area (Å²) in [5, 5.41) is 6.49. The summed E-state index contributed by atoms with van der Waals surface area (Å²) in [5.74, 6) is -1.00. The van der Waals surface area contributed by atoms with Crippen LogP contribution in [0.5, 0.6) is 0 Å². The van der Waals surface area contributed by atoms with Gasteiger partial charge in [0.15, 0.2) is 5.84 Å². The van der Waals surface area contributed by atoms with E-state index in [-0.39, 0.29) is 23.4 Å². The number of hydrogen-bond donors (Lipinski definition) is 0. The van der Waals surface area contributed by atoms with Gasteiger partial charge in [0.2, 0.25) is 5.89 Å². The molecule has 3 heterocycles. The molecule has 0 bridgehead atoms. The molecule has 29 heavy (non-hydrogen) atoms. The Hall–Kier alpha value is -2.47. The Kier molecular flexibility index (Phi) is 4.85. The van der Waals surface area contributed by atoms with Crippen molar-refractivity contribution in [1.29, 1.82) is 0 Å². The van der Waals surface area contributed by atoms with Crippen molar-refractivity contribution in [1.82, 2.24) is 20.0 Å². The fourth-order valence-corrected chi connectivity index (χ4v) is 4.84. The third-order valence-corrected chi connectivity index (χ3v) is 6.44. The molecule has 0 atom stereocenters. The first-order valence-corrected chi connectivity index (χ1v) is 10.4. The second-order valence-corrected chi connectivity index (χ2v) is 8.58. The average molecular weight is 429 g/mol. The first-order chi connectivity index (χ1) is 13.6. The summed E-state index contributed by atoms with van der Waals surface area (Å²) >= 11 is 0. The van der Waals surface area contributed by atoms with Crippen LogP contribution < -0.4 is 0 Å². The zero-order valence-corrected chi connectivity index (χ0v) is 16.2. The normalized spacial score (nSPS) is 19.8. The summed E-state index contributed by atoms with van der Waals surface area (Å²) in [6.07, 6.45) is -3.27. The van der Waals surface area contributed by atoms with Crippen LogP contribution in [-0.2, 0) is 22.7 Å². The lowest BCUT2D eigenvalue weighted by Gasteiger charge is -2.37. The number of sulfonamides is 1. The molecule has 8 nitrogen and oxygen atoms in total. The Bertz CT molecular complexity index is 1040. The standard InChI is InChI=1S/C17H18F3N5O3S/c1-24(15-12-4-2-3-5-13(12)29(26,27)23-15)11-6-8-25(9-7-11)10-14-21-22-16(28-14)17(18,19)20/h2-5,11H,6-10H2,1H3. The molecule has 156 valence electrons. The van der Waals surface area contributed by atoms with Gasteiger partial charge in [0.25, 0.3) is 10.0 Å². The van der Waals surface area contributed by atoms with E-state index in [1.54, 1.807) is 18.2 Å². The first-order valence-electron chi connectivity index (χ1n) is 8.94. The van der Waals surface area contributed by atoms with Crippen molar-refractivity contribution < 1.29 is 26.0 Å². The van der Waals surface area contributed by atoms with E-state index in [1.807, 2.05) is 16.8 Å². The predicted molar refractivity (Wildman–Crippen MR) is 95.5 cm³/mol. The molecule has 0 saturated carbocycles. The Morgan fingerprint density at radius 1 is 1.21 bits per heavy atom. The molecule has 0 radical (unpaired) electrons. The number of piperidine rings is 1. The number of benzene rings is 1. The minimum atomic E-state index is -4.65. The largest absolute Gasteiger partial charge is 0.470 e. The van der Waals surface area contributed by atoms with Gasteiger partial charge in [-0.05, 0) is 25.0 Å². The number of halogens is 3. The summed E-state index contributed by atoms with van der Waals surface area (Å²) in [6, 6.07) is 6.76. The van der Waals surface area contributed by atoms with Gasteiger partial charge in [-0.15, -0.1) is 14.6 Å². The van der Waals surface area contributed by atoms with Gasteiger partial charge in [-0.2, -0.15) is 21.6 Å². The molecular weight excluding hydrogens is 411 g/mol. The van der Waals surface area contributed by atoms with Crippen LogP contribution in [0.25, 0.3) is 0 Å². The molecule has 2 aromatic rings. The Labute approximate surface area is 165 Å². The third-order valence-electron chi connectivity index (χ3n) is 5.12. The van der Waals surface area contributed by atoms with Gasteiger partial charge in [-0.3, -0.25) is 4.90 Å². The van der Waals surface area contributed by atoms with Crippen LogP contribution >= 0.6 is 0 Å². The minimum Gasteiger partial charge on any atom is -0.416 e. The molecule has 0 N–H and O–H groups in total. The summed E-state index contributed by atoms with van der Waals surface area (Å²) in [7, 11) is -1.87. The number of alkyl halides is 3. The SMILES string of the molecule is CN(C1=NS(=O)(=O)c2ccccc21)C1CCN(Cc2nnc(C(F)(F)F)o2)CC1. The number of rotatable bonds is 3. The fourth-order valence-electron chi connectivity index (χ4n) is 3.60. The van der Waals surface area contributed by atoms with Crippen LogP contribution in [0.1, 0.15) is 30.2 Å². The highest BCUT2D eigenvalue weighted by Crippen LogP contribution is 2.30. The van der Waals surface area contributed by atoms with Crippen LogP contribution in [-0.4, -0.2) is 60.4 Å². The molecule has 2 aliphatic rings.